The number of hydrogen-bond donors (Lipinski definition) is 7. The number of carbonyl (C=O) groups is 3. The van der Waals surface area contributed by atoms with E-state index in [0.29, 0.717) is 22.6 Å². The number of aromatic hydroxyl groups is 2. The van der Waals surface area contributed by atoms with Crippen molar-refractivity contribution in [3.63, 3.8) is 0 Å². The number of amides is 1. The maximum absolute atomic E-state index is 14.2. The number of rotatable bonds is 7. The van der Waals surface area contributed by atoms with Crippen LogP contribution in [-0.2, 0) is 22.6 Å². The number of aliphatic hydroxyl groups is 3. The molecule has 13 heteroatoms. The van der Waals surface area contributed by atoms with Gasteiger partial charge in [0, 0.05) is 37.8 Å². The van der Waals surface area contributed by atoms with Gasteiger partial charge in [-0.2, -0.15) is 0 Å². The third kappa shape index (κ3) is 4.42. The zero-order chi connectivity index (χ0) is 32.4. The Morgan fingerprint density at radius 3 is 2.36 bits per heavy atom. The van der Waals surface area contributed by atoms with Gasteiger partial charge in [0.25, 0.3) is 5.91 Å². The minimum absolute atomic E-state index is 0.000354. The Kier molecular flexibility index (Phi) is 7.50. The molecule has 0 saturated heterocycles. The fraction of sp³-hybridized carbons (Fsp3) is 0.387. The highest BCUT2D eigenvalue weighted by Gasteiger charge is 2.63. The van der Waals surface area contributed by atoms with Gasteiger partial charge in [0.2, 0.25) is 5.78 Å². The van der Waals surface area contributed by atoms with Gasteiger partial charge in [0.1, 0.15) is 22.8 Å². The van der Waals surface area contributed by atoms with Gasteiger partial charge in [-0.05, 0) is 62.2 Å². The first-order chi connectivity index (χ1) is 20.6. The van der Waals surface area contributed by atoms with Crippen LogP contribution in [0.25, 0.3) is 0 Å². The van der Waals surface area contributed by atoms with Gasteiger partial charge in [-0.25, -0.2) is 0 Å². The van der Waals surface area contributed by atoms with Gasteiger partial charge in [-0.15, -0.1) is 0 Å². The number of allylic oxidation sites excluding steroid dienone is 1. The summed E-state index contributed by atoms with van der Waals surface area (Å²) >= 11 is 0. The fourth-order valence-corrected chi connectivity index (χ4v) is 6.88. The molecule has 0 radical (unpaired) electrons. The number of methoxy groups -OCH3 is 1. The van der Waals surface area contributed by atoms with Crippen molar-refractivity contribution in [1.29, 1.82) is 0 Å². The summed E-state index contributed by atoms with van der Waals surface area (Å²) in [6, 6.07) is 5.45. The Balaban J connectivity index is 1.62. The number of anilines is 2. The van der Waals surface area contributed by atoms with E-state index in [0.717, 1.165) is 0 Å². The van der Waals surface area contributed by atoms with Crippen molar-refractivity contribution in [1.82, 2.24) is 4.90 Å². The number of likely N-dealkylation sites (N-methyl/N-ethyl adjacent to an activating group) is 1. The lowest BCUT2D eigenvalue weighted by Gasteiger charge is -2.50. The zero-order valence-corrected chi connectivity index (χ0v) is 25.0. The van der Waals surface area contributed by atoms with Crippen molar-refractivity contribution in [3.05, 3.63) is 63.6 Å². The Morgan fingerprint density at radius 2 is 1.80 bits per heavy atom. The topological polar surface area (TPSA) is 206 Å². The summed E-state index contributed by atoms with van der Waals surface area (Å²) in [5, 5.41) is 58.9. The molecule has 2 aromatic rings. The van der Waals surface area contributed by atoms with E-state index in [1.54, 1.807) is 51.3 Å². The SMILES string of the molecule is COc1ccc(CNc2cc(N(C)C)c3c(c2O)C(=O)C2=C(O)[C@]4(O)C(=O)C(C(N)=O)=C(O)C(N(C)C)[C@@H]4C[C@@H]2C3)cc1O. The summed E-state index contributed by atoms with van der Waals surface area (Å²) in [5.41, 5.74) is 3.49. The molecule has 1 amide bonds. The molecule has 5 rings (SSSR count). The van der Waals surface area contributed by atoms with Crippen LogP contribution in [0.15, 0.2) is 46.9 Å². The molecule has 44 heavy (non-hydrogen) atoms. The van der Waals surface area contributed by atoms with Crippen LogP contribution in [0.4, 0.5) is 11.4 Å². The number of phenols is 2. The number of Topliss-reactive ketones (excluding diaryl/α,β-unsaturated/α-hetero) is 2. The lowest BCUT2D eigenvalue weighted by molar-refractivity contribution is -0.148. The third-order valence-electron chi connectivity index (χ3n) is 8.91. The van der Waals surface area contributed by atoms with Gasteiger partial charge in [0.15, 0.2) is 22.9 Å². The lowest BCUT2D eigenvalue weighted by atomic mass is 9.58. The molecular formula is C31H36N4O9. The Hall–Kier alpha value is -4.75. The van der Waals surface area contributed by atoms with E-state index < -0.39 is 63.8 Å². The van der Waals surface area contributed by atoms with Crippen LogP contribution < -0.4 is 20.7 Å². The molecular weight excluding hydrogens is 572 g/mol. The molecule has 0 bridgehead atoms. The molecule has 1 unspecified atom stereocenters. The van der Waals surface area contributed by atoms with Crippen LogP contribution in [0.2, 0.25) is 0 Å². The first-order valence-electron chi connectivity index (χ1n) is 14.0. The number of hydrogen-bond acceptors (Lipinski definition) is 12. The van der Waals surface area contributed by atoms with Crippen molar-refractivity contribution in [2.45, 2.75) is 31.0 Å². The van der Waals surface area contributed by atoms with Gasteiger partial charge in [-0.3, -0.25) is 19.3 Å². The molecule has 2 aromatic carbocycles. The van der Waals surface area contributed by atoms with Crippen LogP contribution in [0.5, 0.6) is 17.2 Å². The summed E-state index contributed by atoms with van der Waals surface area (Å²) in [4.78, 5) is 43.2. The number of carbonyl (C=O) groups excluding carboxylic acids is 3. The normalized spacial score (nSPS) is 24.6. The number of primary amides is 1. The molecule has 0 fully saturated rings. The number of ketones is 2. The molecule has 0 aromatic heterocycles. The fourth-order valence-electron chi connectivity index (χ4n) is 6.88. The zero-order valence-electron chi connectivity index (χ0n) is 25.0. The van der Waals surface area contributed by atoms with Crippen molar-refractivity contribution >= 4 is 28.8 Å². The molecule has 0 aliphatic heterocycles. The largest absolute Gasteiger partial charge is 0.510 e. The molecule has 0 spiro atoms. The average Bonchev–Trinajstić information content (AvgIpc) is 2.94. The van der Waals surface area contributed by atoms with E-state index in [9.17, 15) is 39.9 Å². The third-order valence-corrected chi connectivity index (χ3v) is 8.91. The number of phenolic OH excluding ortho intramolecular Hbond substituents is 2. The maximum atomic E-state index is 14.2. The summed E-state index contributed by atoms with van der Waals surface area (Å²) in [6.45, 7) is 0.162. The van der Waals surface area contributed by atoms with Crippen LogP contribution >= 0.6 is 0 Å². The van der Waals surface area contributed by atoms with Crippen LogP contribution in [-0.4, -0.2) is 94.8 Å². The van der Waals surface area contributed by atoms with Crippen LogP contribution in [0.1, 0.15) is 27.9 Å². The number of nitrogens with zero attached hydrogens (tertiary/aromatic N) is 2. The predicted octanol–water partition coefficient (Wildman–Crippen LogP) is 1.51. The molecule has 8 N–H and O–H groups in total. The summed E-state index contributed by atoms with van der Waals surface area (Å²) < 4.78 is 5.08. The van der Waals surface area contributed by atoms with Crippen molar-refractivity contribution < 1.29 is 44.7 Å². The molecule has 0 heterocycles. The standard InChI is InChI=1S/C31H36N4O9/c1-34(2)18-11-17(33-12-13-6-7-20(44-5)19(36)8-13)25(37)22-15(18)9-14-10-16-24(35(3)4)27(39)23(30(32)42)29(41)31(16,43)28(40)21(14)26(22)38/h6-8,11,14,16,24,33,36-37,39-40,43H,9-10,12H2,1-5H3,(H2,32,42)/t14-,16-,24?,31-/m0/s1. The first kappa shape index (κ1) is 30.7. The van der Waals surface area contributed by atoms with Crippen LogP contribution in [0.3, 0.4) is 0 Å². The second-order valence-corrected chi connectivity index (χ2v) is 11.9. The van der Waals surface area contributed by atoms with E-state index in [2.05, 4.69) is 5.32 Å². The predicted molar refractivity (Wildman–Crippen MR) is 160 cm³/mol. The first-order valence-corrected chi connectivity index (χ1v) is 14.0. The number of aliphatic hydroxyl groups excluding tert-OH is 2. The van der Waals surface area contributed by atoms with Crippen LogP contribution in [0, 0.1) is 11.8 Å². The monoisotopic (exact) mass is 608 g/mol. The second kappa shape index (κ2) is 10.8. The number of ether oxygens (including phenoxy) is 1. The van der Waals surface area contributed by atoms with E-state index in [4.69, 9.17) is 10.5 Å². The van der Waals surface area contributed by atoms with Crippen molar-refractivity contribution in [2.75, 3.05) is 45.5 Å². The quantitative estimate of drug-likeness (QED) is 0.176. The average molecular weight is 609 g/mol. The minimum Gasteiger partial charge on any atom is -0.510 e. The second-order valence-electron chi connectivity index (χ2n) is 11.9. The molecule has 4 atom stereocenters. The van der Waals surface area contributed by atoms with Gasteiger partial charge in [-0.1, -0.05) is 6.07 Å². The number of fused-ring (bicyclic) bond motifs is 3. The summed E-state index contributed by atoms with van der Waals surface area (Å²) in [6.07, 6.45) is 0.169. The van der Waals surface area contributed by atoms with Gasteiger partial charge >= 0.3 is 0 Å². The Labute approximate surface area is 253 Å². The van der Waals surface area contributed by atoms with Gasteiger partial charge < -0.3 is 46.2 Å². The molecule has 3 aliphatic rings. The van der Waals surface area contributed by atoms with Crippen molar-refractivity contribution in [3.8, 4) is 17.2 Å². The molecule has 234 valence electrons. The van der Waals surface area contributed by atoms with E-state index >= 15 is 0 Å². The van der Waals surface area contributed by atoms with Gasteiger partial charge in [0.05, 0.1) is 24.4 Å². The Bertz CT molecular complexity index is 1660. The lowest BCUT2D eigenvalue weighted by Crippen LogP contribution is -2.63. The maximum Gasteiger partial charge on any atom is 0.255 e. The number of nitrogens with one attached hydrogen (secondary N) is 1. The summed E-state index contributed by atoms with van der Waals surface area (Å²) in [7, 11) is 8.15. The smallest absolute Gasteiger partial charge is 0.255 e. The highest BCUT2D eigenvalue weighted by Crippen LogP contribution is 2.54. The molecule has 13 nitrogen and oxygen atoms in total. The van der Waals surface area contributed by atoms with E-state index in [-0.39, 0.29) is 42.0 Å². The highest BCUT2D eigenvalue weighted by atomic mass is 16.5. The number of nitrogens with two attached hydrogens (primary N) is 1. The Morgan fingerprint density at radius 1 is 1.11 bits per heavy atom. The van der Waals surface area contributed by atoms with E-state index in [1.165, 1.54) is 18.1 Å². The van der Waals surface area contributed by atoms with Crippen molar-refractivity contribution in [2.24, 2.45) is 17.6 Å². The highest BCUT2D eigenvalue weighted by molar-refractivity contribution is 6.25. The molecule has 3 aliphatic carbocycles. The summed E-state index contributed by atoms with van der Waals surface area (Å²) in [5.74, 6) is -6.82. The minimum atomic E-state index is -2.71. The number of benzene rings is 2. The van der Waals surface area contributed by atoms with E-state index in [1.807, 2.05) is 0 Å². The molecule has 0 saturated carbocycles.